The lowest BCUT2D eigenvalue weighted by molar-refractivity contribution is 0.102. The molecule has 0 atom stereocenters. The lowest BCUT2D eigenvalue weighted by Crippen LogP contribution is -2.12. The molecule has 2 rings (SSSR count). The van der Waals surface area contributed by atoms with Gasteiger partial charge in [0.25, 0.3) is 5.91 Å². The third-order valence-corrected chi connectivity index (χ3v) is 3.47. The van der Waals surface area contributed by atoms with Crippen LogP contribution in [0.25, 0.3) is 0 Å². The second-order valence-corrected chi connectivity index (χ2v) is 5.07. The van der Waals surface area contributed by atoms with Crippen molar-refractivity contribution in [2.45, 2.75) is 6.92 Å². The Hall–Kier alpha value is -1.99. The minimum atomic E-state index is -0.588. The fraction of sp³-hybridized carbons (Fsp3) is 0.0833. The molecule has 0 aliphatic heterocycles. The summed E-state index contributed by atoms with van der Waals surface area (Å²) in [6.45, 7) is 1.58. The van der Waals surface area contributed by atoms with Gasteiger partial charge < -0.3 is 5.21 Å². The first-order chi connectivity index (χ1) is 9.51. The summed E-state index contributed by atoms with van der Waals surface area (Å²) < 4.78 is 13.0. The molecule has 2 aromatic rings. The maximum Gasteiger partial charge on any atom is 0.257 e. The van der Waals surface area contributed by atoms with Gasteiger partial charge in [0.15, 0.2) is 5.13 Å². The topological polar surface area (TPSA) is 74.6 Å². The number of nitrogens with one attached hydrogen (secondary N) is 1. The van der Waals surface area contributed by atoms with Crippen LogP contribution >= 0.6 is 22.9 Å². The number of thiazole rings is 1. The van der Waals surface area contributed by atoms with Gasteiger partial charge in [-0.15, -0.1) is 11.3 Å². The first-order valence-electron chi connectivity index (χ1n) is 5.42. The molecule has 104 valence electrons. The maximum absolute atomic E-state index is 13.0. The van der Waals surface area contributed by atoms with Gasteiger partial charge in [0.1, 0.15) is 17.2 Å². The highest BCUT2D eigenvalue weighted by atomic mass is 35.5. The van der Waals surface area contributed by atoms with Gasteiger partial charge in [-0.2, -0.15) is 0 Å². The molecule has 20 heavy (non-hydrogen) atoms. The van der Waals surface area contributed by atoms with Gasteiger partial charge in [0.05, 0.1) is 5.02 Å². The van der Waals surface area contributed by atoms with Gasteiger partial charge in [-0.3, -0.25) is 10.1 Å². The van der Waals surface area contributed by atoms with Crippen molar-refractivity contribution in [2.75, 3.05) is 5.32 Å². The number of benzene rings is 1. The van der Waals surface area contributed by atoms with Crippen LogP contribution in [-0.4, -0.2) is 21.8 Å². The van der Waals surface area contributed by atoms with Crippen molar-refractivity contribution in [1.82, 2.24) is 4.98 Å². The van der Waals surface area contributed by atoms with E-state index >= 15 is 0 Å². The monoisotopic (exact) mass is 313 g/mol. The zero-order chi connectivity index (χ0) is 14.7. The summed E-state index contributed by atoms with van der Waals surface area (Å²) in [4.78, 5) is 16.0. The fourth-order valence-electron chi connectivity index (χ4n) is 1.36. The summed E-state index contributed by atoms with van der Waals surface area (Å²) in [5.74, 6) is -1.04. The molecule has 8 heteroatoms. The molecule has 0 unspecified atom stereocenters. The summed E-state index contributed by atoms with van der Waals surface area (Å²) in [6.07, 6.45) is 0. The van der Waals surface area contributed by atoms with Gasteiger partial charge in [0.2, 0.25) is 0 Å². The lowest BCUT2D eigenvalue weighted by atomic mass is 10.2. The number of oxime groups is 1. The quantitative estimate of drug-likeness (QED) is 0.518. The smallest absolute Gasteiger partial charge is 0.257 e. The van der Waals surface area contributed by atoms with Crippen molar-refractivity contribution in [1.29, 1.82) is 0 Å². The van der Waals surface area contributed by atoms with Gasteiger partial charge in [-0.25, -0.2) is 9.37 Å². The number of rotatable bonds is 3. The van der Waals surface area contributed by atoms with Crippen molar-refractivity contribution in [2.24, 2.45) is 5.16 Å². The van der Waals surface area contributed by atoms with Crippen molar-refractivity contribution in [3.05, 3.63) is 45.7 Å². The average molecular weight is 314 g/mol. The van der Waals surface area contributed by atoms with E-state index in [4.69, 9.17) is 16.8 Å². The predicted octanol–water partition coefficient (Wildman–Crippen LogP) is 3.39. The molecule has 0 spiro atoms. The minimum Gasteiger partial charge on any atom is -0.411 e. The van der Waals surface area contributed by atoms with Gasteiger partial charge in [0, 0.05) is 10.9 Å². The minimum absolute atomic E-state index is 0.124. The van der Waals surface area contributed by atoms with Crippen LogP contribution in [0.2, 0.25) is 5.02 Å². The van der Waals surface area contributed by atoms with E-state index in [0.29, 0.717) is 16.5 Å². The summed E-state index contributed by atoms with van der Waals surface area (Å²) in [5, 5.41) is 16.1. The summed E-state index contributed by atoms with van der Waals surface area (Å²) in [6, 6.07) is 3.68. The number of hydrogen-bond acceptors (Lipinski definition) is 5. The number of amides is 1. The first kappa shape index (κ1) is 14.4. The molecule has 5 nitrogen and oxygen atoms in total. The predicted molar refractivity (Wildman–Crippen MR) is 75.5 cm³/mol. The average Bonchev–Trinajstić information content (AvgIpc) is 2.89. The Labute approximate surface area is 122 Å². The molecule has 0 aliphatic rings. The Morgan fingerprint density at radius 1 is 1.55 bits per heavy atom. The van der Waals surface area contributed by atoms with Crippen molar-refractivity contribution < 1.29 is 14.4 Å². The Balaban J connectivity index is 2.15. The second-order valence-electron chi connectivity index (χ2n) is 3.81. The Bertz CT molecular complexity index is 687. The van der Waals surface area contributed by atoms with Crippen LogP contribution in [-0.2, 0) is 0 Å². The standard InChI is InChI=1S/C12H9ClFN3O2S/c1-6(17-19)10-5-20-12(15-10)16-11(18)7-2-3-9(14)8(13)4-7/h2-5,19H,1H3,(H,15,16,18)/b17-6-. The second kappa shape index (κ2) is 5.98. The third kappa shape index (κ3) is 3.12. The molecule has 0 saturated heterocycles. The summed E-state index contributed by atoms with van der Waals surface area (Å²) in [5.41, 5.74) is 1.03. The molecule has 1 aromatic carbocycles. The van der Waals surface area contributed by atoms with E-state index in [2.05, 4.69) is 15.5 Å². The number of aromatic nitrogens is 1. The highest BCUT2D eigenvalue weighted by molar-refractivity contribution is 7.14. The molecule has 0 fully saturated rings. The molecule has 0 radical (unpaired) electrons. The molecule has 0 aliphatic carbocycles. The van der Waals surface area contributed by atoms with Crippen LogP contribution in [0.1, 0.15) is 23.0 Å². The van der Waals surface area contributed by atoms with Gasteiger partial charge in [-0.1, -0.05) is 16.8 Å². The van der Waals surface area contributed by atoms with Crippen LogP contribution in [0, 0.1) is 5.82 Å². The van der Waals surface area contributed by atoms with Crippen LogP contribution in [0.4, 0.5) is 9.52 Å². The Kier molecular flexibility index (Phi) is 4.31. The summed E-state index contributed by atoms with van der Waals surface area (Å²) in [7, 11) is 0. The lowest BCUT2D eigenvalue weighted by Gasteiger charge is -2.02. The SMILES string of the molecule is C/C(=N/O)c1csc(NC(=O)c2ccc(F)c(Cl)c2)n1. The van der Waals surface area contributed by atoms with Gasteiger partial charge >= 0.3 is 0 Å². The van der Waals surface area contributed by atoms with E-state index in [-0.39, 0.29) is 10.6 Å². The zero-order valence-corrected chi connectivity index (χ0v) is 11.8. The number of anilines is 1. The van der Waals surface area contributed by atoms with E-state index in [1.807, 2.05) is 0 Å². The van der Waals surface area contributed by atoms with Crippen LogP contribution in [0.5, 0.6) is 0 Å². The van der Waals surface area contributed by atoms with Gasteiger partial charge in [-0.05, 0) is 25.1 Å². The van der Waals surface area contributed by atoms with E-state index in [1.54, 1.807) is 12.3 Å². The maximum atomic E-state index is 13.0. The molecule has 1 aromatic heterocycles. The molecular formula is C12H9ClFN3O2S. The number of carbonyl (C=O) groups is 1. The van der Waals surface area contributed by atoms with Crippen molar-refractivity contribution >= 4 is 39.7 Å². The number of nitrogens with zero attached hydrogens (tertiary/aromatic N) is 2. The molecular weight excluding hydrogens is 305 g/mol. The fourth-order valence-corrected chi connectivity index (χ4v) is 2.28. The van der Waals surface area contributed by atoms with Crippen molar-refractivity contribution in [3.63, 3.8) is 0 Å². The van der Waals surface area contributed by atoms with E-state index in [0.717, 1.165) is 6.07 Å². The highest BCUT2D eigenvalue weighted by Crippen LogP contribution is 2.19. The zero-order valence-electron chi connectivity index (χ0n) is 10.2. The number of halogens is 2. The molecule has 0 bridgehead atoms. The number of hydrogen-bond donors (Lipinski definition) is 2. The van der Waals surface area contributed by atoms with Crippen LogP contribution in [0.15, 0.2) is 28.7 Å². The molecule has 1 heterocycles. The molecule has 1 amide bonds. The first-order valence-corrected chi connectivity index (χ1v) is 6.68. The third-order valence-electron chi connectivity index (χ3n) is 2.43. The molecule has 0 saturated carbocycles. The highest BCUT2D eigenvalue weighted by Gasteiger charge is 2.12. The van der Waals surface area contributed by atoms with E-state index in [9.17, 15) is 9.18 Å². The summed E-state index contributed by atoms with van der Waals surface area (Å²) >= 11 is 6.80. The largest absolute Gasteiger partial charge is 0.411 e. The normalized spacial score (nSPS) is 11.4. The Morgan fingerprint density at radius 3 is 2.95 bits per heavy atom. The van der Waals surface area contributed by atoms with Crippen molar-refractivity contribution in [3.8, 4) is 0 Å². The number of carbonyl (C=O) groups excluding carboxylic acids is 1. The van der Waals surface area contributed by atoms with E-state index < -0.39 is 11.7 Å². The van der Waals surface area contributed by atoms with E-state index in [1.165, 1.54) is 23.5 Å². The Morgan fingerprint density at radius 2 is 2.30 bits per heavy atom. The van der Waals surface area contributed by atoms with Crippen LogP contribution < -0.4 is 5.32 Å². The van der Waals surface area contributed by atoms with Crippen LogP contribution in [0.3, 0.4) is 0 Å². The molecule has 2 N–H and O–H groups in total.